The molecule has 3 rings (SSSR count). The lowest BCUT2D eigenvalue weighted by Gasteiger charge is -2.09. The number of hydrogen-bond acceptors (Lipinski definition) is 5. The van der Waals surface area contributed by atoms with Crippen LogP contribution in [0.4, 0.5) is 0 Å². The maximum Gasteiger partial charge on any atom is 0.287 e. The van der Waals surface area contributed by atoms with Crippen molar-refractivity contribution < 1.29 is 18.7 Å². The maximum atomic E-state index is 12.3. The van der Waals surface area contributed by atoms with Crippen molar-refractivity contribution in [3.8, 4) is 11.5 Å². The Labute approximate surface area is 179 Å². The van der Waals surface area contributed by atoms with Crippen LogP contribution in [0.2, 0.25) is 5.02 Å². The molecule has 1 amide bonds. The van der Waals surface area contributed by atoms with Gasteiger partial charge in [-0.2, -0.15) is 0 Å². The topological polar surface area (TPSA) is 60.7 Å². The molecular weight excluding hydrogens is 410 g/mol. The fourth-order valence-electron chi connectivity index (χ4n) is 2.71. The van der Waals surface area contributed by atoms with Gasteiger partial charge >= 0.3 is 0 Å². The van der Waals surface area contributed by atoms with E-state index in [4.69, 9.17) is 25.5 Å². The second-order valence-corrected chi connectivity index (χ2v) is 7.69. The number of hydrogen-bond donors (Lipinski definition) is 1. The quantitative estimate of drug-likeness (QED) is 0.471. The molecule has 7 heteroatoms. The van der Waals surface area contributed by atoms with Crippen molar-refractivity contribution in [2.45, 2.75) is 17.1 Å². The first-order chi connectivity index (χ1) is 14.1. The van der Waals surface area contributed by atoms with Crippen molar-refractivity contribution in [1.82, 2.24) is 5.32 Å². The van der Waals surface area contributed by atoms with Gasteiger partial charge in [-0.15, -0.1) is 11.8 Å². The van der Waals surface area contributed by atoms with E-state index in [1.165, 1.54) is 0 Å². The second-order valence-electron chi connectivity index (χ2n) is 6.20. The number of nitrogens with one attached hydrogen (secondary N) is 1. The van der Waals surface area contributed by atoms with Crippen LogP contribution in [0, 0.1) is 0 Å². The number of benzene rings is 2. The van der Waals surface area contributed by atoms with Gasteiger partial charge in [0.1, 0.15) is 5.76 Å². The van der Waals surface area contributed by atoms with Gasteiger partial charge in [0.2, 0.25) is 0 Å². The minimum atomic E-state index is -0.229. The van der Waals surface area contributed by atoms with E-state index in [1.54, 1.807) is 32.0 Å². The highest BCUT2D eigenvalue weighted by Gasteiger charge is 2.11. The predicted octanol–water partition coefficient (Wildman–Crippen LogP) is 5.22. The second kappa shape index (κ2) is 10.3. The molecule has 0 aliphatic carbocycles. The molecule has 3 aromatic rings. The van der Waals surface area contributed by atoms with Crippen molar-refractivity contribution in [2.24, 2.45) is 0 Å². The molecule has 152 valence electrons. The van der Waals surface area contributed by atoms with Crippen LogP contribution in [0.25, 0.3) is 0 Å². The zero-order valence-corrected chi connectivity index (χ0v) is 17.8. The number of methoxy groups -OCH3 is 2. The highest BCUT2D eigenvalue weighted by atomic mass is 35.5. The number of amides is 1. The first-order valence-electron chi connectivity index (χ1n) is 9.05. The van der Waals surface area contributed by atoms with E-state index in [2.05, 4.69) is 5.32 Å². The summed E-state index contributed by atoms with van der Waals surface area (Å²) < 4.78 is 16.2. The Balaban J connectivity index is 1.48. The van der Waals surface area contributed by atoms with Gasteiger partial charge in [0.15, 0.2) is 17.3 Å². The van der Waals surface area contributed by atoms with E-state index in [0.717, 1.165) is 16.2 Å². The molecule has 0 atom stereocenters. The predicted molar refractivity (Wildman–Crippen MR) is 115 cm³/mol. The van der Waals surface area contributed by atoms with Crippen LogP contribution in [-0.4, -0.2) is 26.7 Å². The lowest BCUT2D eigenvalue weighted by atomic mass is 10.1. The summed E-state index contributed by atoms with van der Waals surface area (Å²) >= 11 is 7.52. The minimum Gasteiger partial charge on any atom is -0.493 e. The SMILES string of the molecule is COc1ccc(CCNC(=O)c2ccc(CSc3ccc(Cl)cc3)o2)cc1OC. The molecule has 0 bridgehead atoms. The summed E-state index contributed by atoms with van der Waals surface area (Å²) in [5.74, 6) is 2.82. The molecule has 0 radical (unpaired) electrons. The van der Waals surface area contributed by atoms with E-state index in [0.29, 0.717) is 41.0 Å². The third-order valence-electron chi connectivity index (χ3n) is 4.23. The third-order valence-corrected chi connectivity index (χ3v) is 5.51. The Hall–Kier alpha value is -2.57. The highest BCUT2D eigenvalue weighted by molar-refractivity contribution is 7.98. The average Bonchev–Trinajstić information content (AvgIpc) is 3.22. The monoisotopic (exact) mass is 431 g/mol. The Bertz CT molecular complexity index is 956. The van der Waals surface area contributed by atoms with Crippen LogP contribution in [0.1, 0.15) is 21.9 Å². The summed E-state index contributed by atoms with van der Waals surface area (Å²) in [5.41, 5.74) is 1.04. The van der Waals surface area contributed by atoms with Crippen LogP contribution in [-0.2, 0) is 12.2 Å². The van der Waals surface area contributed by atoms with Crippen LogP contribution < -0.4 is 14.8 Å². The van der Waals surface area contributed by atoms with Crippen LogP contribution in [0.5, 0.6) is 11.5 Å². The maximum absolute atomic E-state index is 12.3. The Morgan fingerprint density at radius 1 is 1.03 bits per heavy atom. The molecular formula is C22H22ClNO4S. The fraction of sp³-hybridized carbons (Fsp3) is 0.227. The Morgan fingerprint density at radius 3 is 2.52 bits per heavy atom. The Kier molecular flexibility index (Phi) is 7.49. The van der Waals surface area contributed by atoms with Crippen LogP contribution in [0.15, 0.2) is 63.9 Å². The molecule has 0 aliphatic rings. The van der Waals surface area contributed by atoms with E-state index in [-0.39, 0.29) is 5.91 Å². The number of halogens is 1. The van der Waals surface area contributed by atoms with Crippen LogP contribution in [0.3, 0.4) is 0 Å². The van der Waals surface area contributed by atoms with Crippen molar-refractivity contribution in [1.29, 1.82) is 0 Å². The summed E-state index contributed by atoms with van der Waals surface area (Å²) in [6.45, 7) is 0.490. The molecule has 1 heterocycles. The molecule has 0 saturated carbocycles. The first-order valence-corrected chi connectivity index (χ1v) is 10.4. The molecule has 5 nitrogen and oxygen atoms in total. The number of thioether (sulfide) groups is 1. The molecule has 1 N–H and O–H groups in total. The number of carbonyl (C=O) groups excluding carboxylic acids is 1. The lowest BCUT2D eigenvalue weighted by Crippen LogP contribution is -2.25. The van der Waals surface area contributed by atoms with E-state index < -0.39 is 0 Å². The average molecular weight is 432 g/mol. The zero-order chi connectivity index (χ0) is 20.6. The Morgan fingerprint density at radius 2 is 1.79 bits per heavy atom. The number of ether oxygens (including phenoxy) is 2. The first kappa shape index (κ1) is 21.1. The molecule has 0 spiro atoms. The summed E-state index contributed by atoms with van der Waals surface area (Å²) in [5, 5.41) is 3.59. The smallest absolute Gasteiger partial charge is 0.287 e. The molecule has 0 aliphatic heterocycles. The van der Waals surface area contributed by atoms with Gasteiger partial charge < -0.3 is 19.2 Å². The lowest BCUT2D eigenvalue weighted by molar-refractivity contribution is 0.0925. The van der Waals surface area contributed by atoms with Crippen molar-refractivity contribution >= 4 is 29.3 Å². The third kappa shape index (κ3) is 5.95. The minimum absolute atomic E-state index is 0.229. The van der Waals surface area contributed by atoms with Gasteiger partial charge in [-0.3, -0.25) is 4.79 Å². The van der Waals surface area contributed by atoms with E-state index in [9.17, 15) is 4.79 Å². The van der Waals surface area contributed by atoms with Crippen molar-refractivity contribution in [3.63, 3.8) is 0 Å². The van der Waals surface area contributed by atoms with Gasteiger partial charge in [0.25, 0.3) is 5.91 Å². The van der Waals surface area contributed by atoms with Gasteiger partial charge in [-0.1, -0.05) is 17.7 Å². The molecule has 0 saturated heterocycles. The number of rotatable bonds is 9. The highest BCUT2D eigenvalue weighted by Crippen LogP contribution is 2.28. The molecule has 29 heavy (non-hydrogen) atoms. The summed E-state index contributed by atoms with van der Waals surface area (Å²) in [6, 6.07) is 16.8. The number of carbonyl (C=O) groups is 1. The van der Waals surface area contributed by atoms with Crippen molar-refractivity contribution in [2.75, 3.05) is 20.8 Å². The van der Waals surface area contributed by atoms with E-state index >= 15 is 0 Å². The molecule has 1 aromatic heterocycles. The summed E-state index contributed by atoms with van der Waals surface area (Å²) in [6.07, 6.45) is 0.673. The van der Waals surface area contributed by atoms with Gasteiger partial charge in [0.05, 0.1) is 20.0 Å². The van der Waals surface area contributed by atoms with Gasteiger partial charge in [-0.05, 0) is 60.5 Å². The normalized spacial score (nSPS) is 10.6. The standard InChI is InChI=1S/C22H22ClNO4S/c1-26-19-9-3-15(13-21(19)27-2)11-12-24-22(25)20-10-6-17(28-20)14-29-18-7-4-16(23)5-8-18/h3-10,13H,11-12,14H2,1-2H3,(H,24,25). The summed E-state index contributed by atoms with van der Waals surface area (Å²) in [4.78, 5) is 13.4. The largest absolute Gasteiger partial charge is 0.493 e. The molecule has 2 aromatic carbocycles. The van der Waals surface area contributed by atoms with Gasteiger partial charge in [0, 0.05) is 16.5 Å². The zero-order valence-electron chi connectivity index (χ0n) is 16.2. The molecule has 0 unspecified atom stereocenters. The van der Waals surface area contributed by atoms with E-state index in [1.807, 2.05) is 48.5 Å². The van der Waals surface area contributed by atoms with Crippen molar-refractivity contribution in [3.05, 3.63) is 76.7 Å². The summed E-state index contributed by atoms with van der Waals surface area (Å²) in [7, 11) is 3.20. The number of furan rings is 1. The molecule has 0 fully saturated rings. The van der Waals surface area contributed by atoms with Gasteiger partial charge in [-0.25, -0.2) is 0 Å². The fourth-order valence-corrected chi connectivity index (χ4v) is 3.63. The van der Waals surface area contributed by atoms with Crippen LogP contribution >= 0.6 is 23.4 Å².